The zero-order valence-corrected chi connectivity index (χ0v) is 13.3. The molecule has 5 heteroatoms. The van der Waals surface area contributed by atoms with E-state index in [1.807, 2.05) is 11.0 Å². The number of nitrogens with zero attached hydrogens (tertiary/aromatic N) is 2. The van der Waals surface area contributed by atoms with Crippen molar-refractivity contribution >= 4 is 17.5 Å². The monoisotopic (exact) mass is 311 g/mol. The van der Waals surface area contributed by atoms with Crippen molar-refractivity contribution in [1.29, 1.82) is 5.26 Å². The first-order chi connectivity index (χ1) is 11.1. The van der Waals surface area contributed by atoms with Crippen LogP contribution in [0.4, 0.5) is 5.69 Å². The lowest BCUT2D eigenvalue weighted by molar-refractivity contribution is -0.135. The summed E-state index contributed by atoms with van der Waals surface area (Å²) >= 11 is 0. The van der Waals surface area contributed by atoms with Crippen molar-refractivity contribution in [1.82, 2.24) is 4.90 Å². The number of likely N-dealkylation sites (tertiary alicyclic amines) is 1. The number of anilines is 1. The largest absolute Gasteiger partial charge is 0.342 e. The summed E-state index contributed by atoms with van der Waals surface area (Å²) in [4.78, 5) is 26.6. The summed E-state index contributed by atoms with van der Waals surface area (Å²) in [6.45, 7) is 3.81. The average Bonchev–Trinajstić information content (AvgIpc) is 3.35. The minimum atomic E-state index is -0.213. The third-order valence-electron chi connectivity index (χ3n) is 4.69. The van der Waals surface area contributed by atoms with Crippen molar-refractivity contribution < 1.29 is 9.59 Å². The lowest BCUT2D eigenvalue weighted by Gasteiger charge is -2.31. The molecule has 1 N–H and O–H groups in total. The lowest BCUT2D eigenvalue weighted by Crippen LogP contribution is -2.40. The van der Waals surface area contributed by atoms with Crippen LogP contribution in [-0.2, 0) is 9.59 Å². The molecule has 0 aromatic heterocycles. The van der Waals surface area contributed by atoms with Crippen molar-refractivity contribution in [2.75, 3.05) is 18.4 Å². The average molecular weight is 311 g/mol. The third-order valence-corrected chi connectivity index (χ3v) is 4.69. The molecule has 1 aromatic rings. The molecule has 1 aliphatic heterocycles. The van der Waals surface area contributed by atoms with Crippen LogP contribution >= 0.6 is 0 Å². The molecular weight excluding hydrogens is 290 g/mol. The highest BCUT2D eigenvalue weighted by molar-refractivity contribution is 5.99. The van der Waals surface area contributed by atoms with Gasteiger partial charge in [-0.15, -0.1) is 0 Å². The van der Waals surface area contributed by atoms with Crippen LogP contribution in [0.3, 0.4) is 0 Å². The Kier molecular flexibility index (Phi) is 4.33. The van der Waals surface area contributed by atoms with E-state index >= 15 is 0 Å². The van der Waals surface area contributed by atoms with Gasteiger partial charge in [0.25, 0.3) is 0 Å². The summed E-state index contributed by atoms with van der Waals surface area (Å²) in [5, 5.41) is 11.6. The standard InChI is InChI=1S/C18H21N3O2/c1-12-3-2-8-21(11-12)18(23)16-9-15(16)17(22)20-14-6-4-13(10-19)5-7-14/h4-7,12,15-16H,2-3,8-9,11H2,1H3,(H,20,22). The number of hydrogen-bond acceptors (Lipinski definition) is 3. The molecule has 1 heterocycles. The van der Waals surface area contributed by atoms with E-state index in [9.17, 15) is 9.59 Å². The van der Waals surface area contributed by atoms with Crippen molar-refractivity contribution in [3.63, 3.8) is 0 Å². The maximum atomic E-state index is 12.5. The normalized spacial score (nSPS) is 26.3. The fraction of sp³-hybridized carbons (Fsp3) is 0.500. The number of nitrogens with one attached hydrogen (secondary N) is 1. The highest BCUT2D eigenvalue weighted by atomic mass is 16.2. The molecule has 3 rings (SSSR count). The summed E-state index contributed by atoms with van der Waals surface area (Å²) in [7, 11) is 0. The predicted octanol–water partition coefficient (Wildman–Crippen LogP) is 2.39. The van der Waals surface area contributed by atoms with Crippen LogP contribution in [0.25, 0.3) is 0 Å². The first kappa shape index (κ1) is 15.5. The molecular formula is C18H21N3O2. The SMILES string of the molecule is CC1CCCN(C(=O)C2CC2C(=O)Nc2ccc(C#N)cc2)C1. The fourth-order valence-corrected chi connectivity index (χ4v) is 3.24. The molecule has 1 aromatic carbocycles. The number of nitriles is 1. The van der Waals surface area contributed by atoms with Crippen LogP contribution in [0.2, 0.25) is 0 Å². The predicted molar refractivity (Wildman–Crippen MR) is 86.4 cm³/mol. The van der Waals surface area contributed by atoms with Gasteiger partial charge in [0.1, 0.15) is 0 Å². The van der Waals surface area contributed by atoms with Crippen LogP contribution in [-0.4, -0.2) is 29.8 Å². The van der Waals surface area contributed by atoms with Gasteiger partial charge in [-0.25, -0.2) is 0 Å². The topological polar surface area (TPSA) is 73.2 Å². The third kappa shape index (κ3) is 3.53. The van der Waals surface area contributed by atoms with Gasteiger partial charge in [0.2, 0.25) is 11.8 Å². The molecule has 1 saturated heterocycles. The van der Waals surface area contributed by atoms with E-state index < -0.39 is 0 Å². The van der Waals surface area contributed by atoms with Crippen LogP contribution in [0, 0.1) is 29.1 Å². The molecule has 3 atom stereocenters. The minimum absolute atomic E-state index is 0.0990. The van der Waals surface area contributed by atoms with Crippen molar-refractivity contribution in [2.24, 2.45) is 17.8 Å². The van der Waals surface area contributed by atoms with E-state index in [1.54, 1.807) is 24.3 Å². The zero-order chi connectivity index (χ0) is 16.4. The second kappa shape index (κ2) is 6.41. The molecule has 120 valence electrons. The maximum Gasteiger partial charge on any atom is 0.228 e. The van der Waals surface area contributed by atoms with Gasteiger partial charge in [-0.05, 0) is 49.4 Å². The van der Waals surface area contributed by atoms with Gasteiger partial charge >= 0.3 is 0 Å². The number of hydrogen-bond donors (Lipinski definition) is 1. The van der Waals surface area contributed by atoms with E-state index in [-0.39, 0.29) is 23.7 Å². The van der Waals surface area contributed by atoms with E-state index in [2.05, 4.69) is 12.2 Å². The Morgan fingerprint density at radius 3 is 2.65 bits per heavy atom. The van der Waals surface area contributed by atoms with Crippen molar-refractivity contribution in [3.05, 3.63) is 29.8 Å². The molecule has 2 fully saturated rings. The molecule has 1 saturated carbocycles. The Morgan fingerprint density at radius 1 is 1.26 bits per heavy atom. The smallest absolute Gasteiger partial charge is 0.228 e. The van der Waals surface area contributed by atoms with Crippen molar-refractivity contribution in [3.8, 4) is 6.07 Å². The number of benzene rings is 1. The van der Waals surface area contributed by atoms with Crippen LogP contribution in [0.1, 0.15) is 31.7 Å². The molecule has 3 unspecified atom stereocenters. The van der Waals surface area contributed by atoms with E-state index in [0.717, 1.165) is 19.5 Å². The number of piperidine rings is 1. The van der Waals surface area contributed by atoms with Crippen LogP contribution in [0.5, 0.6) is 0 Å². The second-order valence-corrected chi connectivity index (χ2v) is 6.66. The van der Waals surface area contributed by atoms with Gasteiger partial charge in [0.05, 0.1) is 23.5 Å². The highest BCUT2D eigenvalue weighted by Crippen LogP contribution is 2.41. The summed E-state index contributed by atoms with van der Waals surface area (Å²) in [6.07, 6.45) is 2.88. The fourth-order valence-electron chi connectivity index (χ4n) is 3.24. The van der Waals surface area contributed by atoms with Crippen LogP contribution in [0.15, 0.2) is 24.3 Å². The van der Waals surface area contributed by atoms with Crippen LogP contribution < -0.4 is 5.32 Å². The van der Waals surface area contributed by atoms with Gasteiger partial charge < -0.3 is 10.2 Å². The number of rotatable bonds is 3. The summed E-state index contributed by atoms with van der Waals surface area (Å²) < 4.78 is 0. The Balaban J connectivity index is 1.54. The summed E-state index contributed by atoms with van der Waals surface area (Å²) in [5.41, 5.74) is 1.22. The first-order valence-corrected chi connectivity index (χ1v) is 8.18. The molecule has 0 spiro atoms. The second-order valence-electron chi connectivity index (χ2n) is 6.66. The molecule has 0 bridgehead atoms. The number of carbonyl (C=O) groups excluding carboxylic acids is 2. The van der Waals surface area contributed by atoms with Gasteiger partial charge in [-0.2, -0.15) is 5.26 Å². The van der Waals surface area contributed by atoms with Gasteiger partial charge in [-0.3, -0.25) is 9.59 Å². The lowest BCUT2D eigenvalue weighted by atomic mass is 10.00. The molecule has 2 amide bonds. The highest BCUT2D eigenvalue weighted by Gasteiger charge is 2.49. The molecule has 0 radical (unpaired) electrons. The molecule has 1 aliphatic carbocycles. The van der Waals surface area contributed by atoms with Gasteiger partial charge in [-0.1, -0.05) is 6.92 Å². The Morgan fingerprint density at radius 2 is 2.00 bits per heavy atom. The first-order valence-electron chi connectivity index (χ1n) is 8.18. The number of carbonyl (C=O) groups is 2. The van der Waals surface area contributed by atoms with Crippen molar-refractivity contribution in [2.45, 2.75) is 26.2 Å². The Hall–Kier alpha value is -2.35. The van der Waals surface area contributed by atoms with Gasteiger partial charge in [0, 0.05) is 18.8 Å². The number of amides is 2. The molecule has 2 aliphatic rings. The Bertz CT molecular complexity index is 647. The van der Waals surface area contributed by atoms with E-state index in [0.29, 0.717) is 23.6 Å². The molecule has 5 nitrogen and oxygen atoms in total. The quantitative estimate of drug-likeness (QED) is 0.931. The molecule has 23 heavy (non-hydrogen) atoms. The zero-order valence-electron chi connectivity index (χ0n) is 13.3. The van der Waals surface area contributed by atoms with Gasteiger partial charge in [0.15, 0.2) is 0 Å². The maximum absolute atomic E-state index is 12.5. The van der Waals surface area contributed by atoms with E-state index in [1.165, 1.54) is 6.42 Å². The minimum Gasteiger partial charge on any atom is -0.342 e. The van der Waals surface area contributed by atoms with E-state index in [4.69, 9.17) is 5.26 Å². The summed E-state index contributed by atoms with van der Waals surface area (Å²) in [6, 6.07) is 8.80. The summed E-state index contributed by atoms with van der Waals surface area (Å²) in [5.74, 6) is 0.223. The Labute approximate surface area is 136 Å².